The van der Waals surface area contributed by atoms with Crippen LogP contribution >= 0.6 is 23.2 Å². The Kier molecular flexibility index (Phi) is 7.85. The van der Waals surface area contributed by atoms with E-state index >= 15 is 0 Å². The number of hydrogen-bond acceptors (Lipinski definition) is 5. The predicted octanol–water partition coefficient (Wildman–Crippen LogP) is 5.13. The van der Waals surface area contributed by atoms with Gasteiger partial charge in [-0.25, -0.2) is 9.78 Å². The van der Waals surface area contributed by atoms with Crippen molar-refractivity contribution in [2.45, 2.75) is 71.3 Å². The number of carbonyl (C=O) groups excluding carboxylic acids is 3. The summed E-state index contributed by atoms with van der Waals surface area (Å²) in [7, 11) is 0. The molecular weight excluding hydrogens is 517 g/mol. The summed E-state index contributed by atoms with van der Waals surface area (Å²) in [5.41, 5.74) is 0.206. The zero-order chi connectivity index (χ0) is 26.9. The lowest BCUT2D eigenvalue weighted by Crippen LogP contribution is -2.45. The van der Waals surface area contributed by atoms with Crippen LogP contribution in [0.4, 0.5) is 10.5 Å². The number of amides is 3. The molecule has 1 saturated heterocycles. The van der Waals surface area contributed by atoms with Gasteiger partial charge in [-0.15, -0.1) is 0 Å². The molecule has 1 unspecified atom stereocenters. The summed E-state index contributed by atoms with van der Waals surface area (Å²) < 4.78 is 7.32. The quantitative estimate of drug-likeness (QED) is 0.535. The van der Waals surface area contributed by atoms with E-state index in [-0.39, 0.29) is 36.5 Å². The van der Waals surface area contributed by atoms with Crippen molar-refractivity contribution in [3.8, 4) is 0 Å². The average Bonchev–Trinajstić information content (AvgIpc) is 3.45. The smallest absolute Gasteiger partial charge is 0.410 e. The largest absolute Gasteiger partial charge is 0.444 e. The lowest BCUT2D eigenvalue weighted by Gasteiger charge is -2.34. The minimum Gasteiger partial charge on any atom is -0.444 e. The third-order valence-corrected chi connectivity index (χ3v) is 6.87. The van der Waals surface area contributed by atoms with Crippen molar-refractivity contribution in [2.75, 3.05) is 11.9 Å². The molecule has 0 aliphatic carbocycles. The van der Waals surface area contributed by atoms with Gasteiger partial charge in [0.15, 0.2) is 0 Å². The topological polar surface area (TPSA) is 96.8 Å². The van der Waals surface area contributed by atoms with Gasteiger partial charge >= 0.3 is 6.09 Å². The van der Waals surface area contributed by atoms with Gasteiger partial charge in [0.05, 0.1) is 29.5 Å². The Bertz CT molecular complexity index is 1240. The molecular formula is C26H31Cl2N5O4. The van der Waals surface area contributed by atoms with Crippen molar-refractivity contribution in [1.29, 1.82) is 0 Å². The second kappa shape index (κ2) is 10.8. The van der Waals surface area contributed by atoms with Crippen LogP contribution < -0.4 is 5.32 Å². The van der Waals surface area contributed by atoms with E-state index < -0.39 is 5.60 Å². The first-order chi connectivity index (χ1) is 17.4. The van der Waals surface area contributed by atoms with Gasteiger partial charge in [-0.1, -0.05) is 29.3 Å². The van der Waals surface area contributed by atoms with Crippen molar-refractivity contribution >= 4 is 46.8 Å². The number of fused-ring (bicyclic) bond motifs is 1. The van der Waals surface area contributed by atoms with Crippen LogP contribution in [-0.4, -0.2) is 61.5 Å². The highest BCUT2D eigenvalue weighted by molar-refractivity contribution is 6.35. The van der Waals surface area contributed by atoms with Crippen LogP contribution in [0.2, 0.25) is 10.0 Å². The van der Waals surface area contributed by atoms with Crippen LogP contribution in [0, 0.1) is 0 Å². The second-order valence-electron chi connectivity index (χ2n) is 10.3. The Labute approximate surface area is 226 Å². The minimum atomic E-state index is -0.578. The molecule has 2 aliphatic heterocycles. The highest BCUT2D eigenvalue weighted by Gasteiger charge is 2.32. The number of carbonyl (C=O) groups is 3. The fraction of sp³-hybridized carbons (Fsp3) is 0.462. The number of imidazole rings is 1. The van der Waals surface area contributed by atoms with Gasteiger partial charge < -0.3 is 24.4 Å². The zero-order valence-corrected chi connectivity index (χ0v) is 22.8. The van der Waals surface area contributed by atoms with Crippen LogP contribution in [0.5, 0.6) is 0 Å². The van der Waals surface area contributed by atoms with Gasteiger partial charge in [0, 0.05) is 30.2 Å². The van der Waals surface area contributed by atoms with Gasteiger partial charge in [0.2, 0.25) is 5.91 Å². The van der Waals surface area contributed by atoms with Gasteiger partial charge in [0.1, 0.15) is 17.1 Å². The molecule has 198 valence electrons. The molecule has 4 rings (SSSR count). The van der Waals surface area contributed by atoms with E-state index in [1.807, 2.05) is 32.3 Å². The SMILES string of the molecule is CC1Cn2c(C(=O)Nc3cc(Cl)ccc3Cl)cnc2CN1C(=O)/C=C/[C@H]1CCCN1C(=O)OC(C)(C)C. The summed E-state index contributed by atoms with van der Waals surface area (Å²) in [5, 5.41) is 3.61. The van der Waals surface area contributed by atoms with Gasteiger partial charge in [-0.3, -0.25) is 9.59 Å². The van der Waals surface area contributed by atoms with E-state index in [1.165, 1.54) is 12.3 Å². The number of ether oxygens (including phenoxy) is 1. The number of nitrogens with zero attached hydrogens (tertiary/aromatic N) is 4. The van der Waals surface area contributed by atoms with Gasteiger partial charge in [-0.2, -0.15) is 0 Å². The summed E-state index contributed by atoms with van der Waals surface area (Å²) >= 11 is 12.2. The average molecular weight is 548 g/mol. The van der Waals surface area contributed by atoms with Crippen LogP contribution in [0.3, 0.4) is 0 Å². The summed E-state index contributed by atoms with van der Waals surface area (Å²) in [6, 6.07) is 4.48. The van der Waals surface area contributed by atoms with Crippen molar-refractivity contribution < 1.29 is 19.1 Å². The van der Waals surface area contributed by atoms with Gasteiger partial charge in [-0.05, 0) is 58.7 Å². The predicted molar refractivity (Wildman–Crippen MR) is 142 cm³/mol. The molecule has 2 atom stereocenters. The highest BCUT2D eigenvalue weighted by Crippen LogP contribution is 2.27. The third kappa shape index (κ3) is 6.27. The lowest BCUT2D eigenvalue weighted by atomic mass is 10.1. The summed E-state index contributed by atoms with van der Waals surface area (Å²) in [5.74, 6) is 0.0752. The molecule has 0 saturated carbocycles. The molecule has 2 aromatic rings. The first-order valence-corrected chi connectivity index (χ1v) is 13.0. The lowest BCUT2D eigenvalue weighted by molar-refractivity contribution is -0.129. The molecule has 0 spiro atoms. The third-order valence-electron chi connectivity index (χ3n) is 6.31. The number of anilines is 1. The normalized spacial score (nSPS) is 19.7. The van der Waals surface area contributed by atoms with Gasteiger partial charge in [0.25, 0.3) is 5.91 Å². The number of likely N-dealkylation sites (tertiary alicyclic amines) is 1. The molecule has 1 aromatic heterocycles. The van der Waals surface area contributed by atoms with E-state index in [9.17, 15) is 14.4 Å². The van der Waals surface area contributed by atoms with Crippen LogP contribution in [0.15, 0.2) is 36.5 Å². The molecule has 1 N–H and O–H groups in total. The molecule has 11 heteroatoms. The van der Waals surface area contributed by atoms with Crippen LogP contribution in [-0.2, 0) is 22.6 Å². The van der Waals surface area contributed by atoms with Crippen LogP contribution in [0.1, 0.15) is 56.8 Å². The minimum absolute atomic E-state index is 0.172. The van der Waals surface area contributed by atoms with Crippen molar-refractivity contribution in [2.24, 2.45) is 0 Å². The van der Waals surface area contributed by atoms with E-state index in [4.69, 9.17) is 27.9 Å². The molecule has 37 heavy (non-hydrogen) atoms. The van der Waals surface area contributed by atoms with E-state index in [0.717, 1.165) is 12.8 Å². The fourth-order valence-electron chi connectivity index (χ4n) is 4.50. The first-order valence-electron chi connectivity index (χ1n) is 12.2. The molecule has 3 amide bonds. The summed E-state index contributed by atoms with van der Waals surface area (Å²) in [6.45, 7) is 8.69. The first kappa shape index (κ1) is 27.0. The Morgan fingerprint density at radius 1 is 1.19 bits per heavy atom. The maximum atomic E-state index is 13.1. The number of aromatic nitrogens is 2. The highest BCUT2D eigenvalue weighted by atomic mass is 35.5. The second-order valence-corrected chi connectivity index (χ2v) is 11.1. The molecule has 0 radical (unpaired) electrons. The Hall–Kier alpha value is -3.04. The number of nitrogens with one attached hydrogen (secondary N) is 1. The molecule has 3 heterocycles. The maximum Gasteiger partial charge on any atom is 0.410 e. The number of rotatable bonds is 4. The Morgan fingerprint density at radius 3 is 2.68 bits per heavy atom. The standard InChI is InChI=1S/C26H31Cl2N5O4/c1-16-14-33-21(24(35)30-20-12-17(27)7-9-19(20)28)13-29-22(33)15-32(16)23(34)10-8-18-6-5-11-31(18)25(36)37-26(2,3)4/h7-10,12-13,16,18H,5-6,11,14-15H2,1-4H3,(H,30,35)/b10-8+/t16?,18-/m1/s1. The number of hydrogen-bond donors (Lipinski definition) is 1. The number of benzene rings is 1. The van der Waals surface area contributed by atoms with E-state index in [1.54, 1.807) is 34.1 Å². The summed E-state index contributed by atoms with van der Waals surface area (Å²) in [4.78, 5) is 46.3. The molecule has 0 bridgehead atoms. The molecule has 2 aliphatic rings. The molecule has 9 nitrogen and oxygen atoms in total. The van der Waals surface area contributed by atoms with E-state index in [2.05, 4.69) is 10.3 Å². The summed E-state index contributed by atoms with van der Waals surface area (Å²) in [6.07, 6.45) is 6.06. The van der Waals surface area contributed by atoms with Crippen LogP contribution in [0.25, 0.3) is 0 Å². The van der Waals surface area contributed by atoms with Crippen molar-refractivity contribution in [3.63, 3.8) is 0 Å². The Morgan fingerprint density at radius 2 is 1.95 bits per heavy atom. The van der Waals surface area contributed by atoms with Crippen molar-refractivity contribution in [1.82, 2.24) is 19.4 Å². The fourth-order valence-corrected chi connectivity index (χ4v) is 4.84. The number of halogens is 2. The monoisotopic (exact) mass is 547 g/mol. The van der Waals surface area contributed by atoms with Crippen molar-refractivity contribution in [3.05, 3.63) is 58.1 Å². The zero-order valence-electron chi connectivity index (χ0n) is 21.3. The molecule has 1 fully saturated rings. The molecule has 1 aromatic carbocycles. The Balaban J connectivity index is 1.42. The van der Waals surface area contributed by atoms with E-state index in [0.29, 0.717) is 40.3 Å². The maximum absolute atomic E-state index is 13.1.